The van der Waals surface area contributed by atoms with Crippen LogP contribution in [0.5, 0.6) is 0 Å². The quantitative estimate of drug-likeness (QED) is 0.509. The van der Waals surface area contributed by atoms with Crippen LogP contribution in [0, 0.1) is 5.82 Å². The van der Waals surface area contributed by atoms with Crippen LogP contribution >= 0.6 is 21.6 Å². The Morgan fingerprint density at radius 2 is 2.00 bits per heavy atom. The largest absolute Gasteiger partial charge is 0.340 e. The molecule has 8 heteroatoms. The highest BCUT2D eigenvalue weighted by Gasteiger charge is 2.22. The van der Waals surface area contributed by atoms with E-state index in [9.17, 15) is 14.0 Å². The van der Waals surface area contributed by atoms with E-state index in [-0.39, 0.29) is 24.2 Å². The smallest absolute Gasteiger partial charge is 0.238 e. The van der Waals surface area contributed by atoms with Crippen LogP contribution in [-0.2, 0) is 9.59 Å². The first-order chi connectivity index (χ1) is 13.6. The maximum absolute atomic E-state index is 13.2. The number of anilines is 1. The Labute approximate surface area is 174 Å². The fourth-order valence-corrected chi connectivity index (χ4v) is 6.52. The van der Waals surface area contributed by atoms with Gasteiger partial charge in [0.15, 0.2) is 0 Å². The van der Waals surface area contributed by atoms with E-state index >= 15 is 0 Å². The minimum Gasteiger partial charge on any atom is -0.340 e. The highest BCUT2D eigenvalue weighted by molar-refractivity contribution is 8.77. The van der Waals surface area contributed by atoms with Crippen LogP contribution in [0.4, 0.5) is 10.1 Å². The zero-order valence-corrected chi connectivity index (χ0v) is 17.7. The lowest BCUT2D eigenvalue weighted by atomic mass is 10.1. The summed E-state index contributed by atoms with van der Waals surface area (Å²) in [6, 6.07) is 5.89. The number of carbonyl (C=O) groups is 2. The summed E-state index contributed by atoms with van der Waals surface area (Å²) in [7, 11) is 3.97. The van der Waals surface area contributed by atoms with E-state index < -0.39 is 0 Å². The molecule has 2 fully saturated rings. The van der Waals surface area contributed by atoms with Crippen LogP contribution in [0.3, 0.4) is 0 Å². The van der Waals surface area contributed by atoms with E-state index in [1.54, 1.807) is 12.1 Å². The van der Waals surface area contributed by atoms with Crippen molar-refractivity contribution in [1.82, 2.24) is 9.80 Å². The van der Waals surface area contributed by atoms with Crippen molar-refractivity contribution >= 4 is 39.1 Å². The second kappa shape index (κ2) is 11.1. The molecule has 0 aromatic heterocycles. The minimum atomic E-state index is -0.370. The average Bonchev–Trinajstić information content (AvgIpc) is 3.19. The number of halogens is 1. The normalized spacial score (nSPS) is 20.3. The zero-order valence-electron chi connectivity index (χ0n) is 16.1. The van der Waals surface area contributed by atoms with E-state index in [2.05, 4.69) is 5.32 Å². The third kappa shape index (κ3) is 6.97. The lowest BCUT2D eigenvalue weighted by molar-refractivity contribution is -0.133. The van der Waals surface area contributed by atoms with Gasteiger partial charge >= 0.3 is 0 Å². The number of rotatable bonds is 8. The molecule has 0 spiro atoms. The van der Waals surface area contributed by atoms with Gasteiger partial charge < -0.3 is 10.2 Å². The molecule has 5 nitrogen and oxygen atoms in total. The standard InChI is InChI=1S/C20H28FN3O2S2/c21-16-4-3-5-17(14-16)22-19(25)15-23-9-11-24(12-10-23)20(26)7-2-1-6-18-8-13-27-28-18/h3-5,14,18H,1-2,6-13,15H2,(H,22,25)/t18-/m0/s1. The van der Waals surface area contributed by atoms with Gasteiger partial charge in [0.25, 0.3) is 0 Å². The van der Waals surface area contributed by atoms with Gasteiger partial charge in [-0.25, -0.2) is 4.39 Å². The van der Waals surface area contributed by atoms with Gasteiger partial charge in [-0.3, -0.25) is 14.5 Å². The second-order valence-corrected chi connectivity index (χ2v) is 10.1. The van der Waals surface area contributed by atoms with Crippen molar-refractivity contribution in [3.8, 4) is 0 Å². The second-order valence-electron chi connectivity index (χ2n) is 7.29. The third-order valence-electron chi connectivity index (χ3n) is 5.09. The molecule has 0 radical (unpaired) electrons. The molecule has 0 bridgehead atoms. The van der Waals surface area contributed by atoms with Crippen molar-refractivity contribution in [3.63, 3.8) is 0 Å². The number of amides is 2. The van der Waals surface area contributed by atoms with E-state index in [4.69, 9.17) is 0 Å². The van der Waals surface area contributed by atoms with Crippen LogP contribution in [0.1, 0.15) is 32.1 Å². The third-order valence-corrected chi connectivity index (χ3v) is 8.10. The summed E-state index contributed by atoms with van der Waals surface area (Å²) >= 11 is 0. The molecule has 1 aromatic carbocycles. The SMILES string of the molecule is O=C(CN1CCN(C(=O)CCCC[C@H]2CCSS2)CC1)Nc1cccc(F)c1. The fraction of sp³-hybridized carbons (Fsp3) is 0.600. The van der Waals surface area contributed by atoms with Gasteiger partial charge in [-0.1, -0.05) is 34.1 Å². The predicted molar refractivity (Wildman–Crippen MR) is 115 cm³/mol. The van der Waals surface area contributed by atoms with Crippen LogP contribution < -0.4 is 5.32 Å². The van der Waals surface area contributed by atoms with E-state index in [1.165, 1.54) is 30.7 Å². The molecular formula is C20H28FN3O2S2. The van der Waals surface area contributed by atoms with E-state index in [0.717, 1.165) is 18.1 Å². The Kier molecular flexibility index (Phi) is 8.48. The molecule has 2 saturated heterocycles. The lowest BCUT2D eigenvalue weighted by Gasteiger charge is -2.34. The number of benzene rings is 1. The van der Waals surface area contributed by atoms with Gasteiger partial charge in [-0.05, 0) is 37.5 Å². The number of nitrogens with one attached hydrogen (secondary N) is 1. The van der Waals surface area contributed by atoms with Gasteiger partial charge in [0.2, 0.25) is 11.8 Å². The van der Waals surface area contributed by atoms with Crippen molar-refractivity contribution < 1.29 is 14.0 Å². The molecule has 2 amide bonds. The maximum Gasteiger partial charge on any atom is 0.238 e. The van der Waals surface area contributed by atoms with Crippen molar-refractivity contribution in [3.05, 3.63) is 30.1 Å². The highest BCUT2D eigenvalue weighted by Crippen LogP contribution is 2.39. The lowest BCUT2D eigenvalue weighted by Crippen LogP contribution is -2.50. The molecular weight excluding hydrogens is 397 g/mol. The summed E-state index contributed by atoms with van der Waals surface area (Å²) in [6.07, 6.45) is 5.25. The summed E-state index contributed by atoms with van der Waals surface area (Å²) < 4.78 is 13.2. The van der Waals surface area contributed by atoms with Gasteiger partial charge in [0.05, 0.1) is 6.54 Å². The van der Waals surface area contributed by atoms with Crippen molar-refractivity contribution in [1.29, 1.82) is 0 Å². The number of piperazine rings is 1. The Morgan fingerprint density at radius 1 is 1.18 bits per heavy atom. The molecule has 3 rings (SSSR count). The summed E-state index contributed by atoms with van der Waals surface area (Å²) in [4.78, 5) is 28.5. The number of hydrogen-bond donors (Lipinski definition) is 1. The van der Waals surface area contributed by atoms with Crippen molar-refractivity contribution in [2.75, 3.05) is 43.8 Å². The van der Waals surface area contributed by atoms with Crippen molar-refractivity contribution in [2.45, 2.75) is 37.4 Å². The van der Waals surface area contributed by atoms with E-state index in [0.29, 0.717) is 38.3 Å². The van der Waals surface area contributed by atoms with Gasteiger partial charge in [-0.15, -0.1) is 0 Å². The Bertz CT molecular complexity index is 663. The fourth-order valence-electron chi connectivity index (χ4n) is 3.50. The summed E-state index contributed by atoms with van der Waals surface area (Å²) in [5.41, 5.74) is 0.466. The molecule has 1 atom stereocenters. The number of carbonyl (C=O) groups excluding carboxylic acids is 2. The molecule has 0 saturated carbocycles. The molecule has 2 heterocycles. The first-order valence-electron chi connectivity index (χ1n) is 9.94. The molecule has 2 aliphatic rings. The van der Waals surface area contributed by atoms with Crippen LogP contribution in [-0.4, -0.2) is 65.3 Å². The molecule has 28 heavy (non-hydrogen) atoms. The van der Waals surface area contributed by atoms with E-state index in [1.807, 2.05) is 31.4 Å². The Balaban J connectivity index is 1.30. The average molecular weight is 426 g/mol. The Morgan fingerprint density at radius 3 is 2.71 bits per heavy atom. The van der Waals surface area contributed by atoms with Crippen LogP contribution in [0.15, 0.2) is 24.3 Å². The topological polar surface area (TPSA) is 52.7 Å². The molecule has 0 aliphatic carbocycles. The molecule has 154 valence electrons. The number of nitrogens with zero attached hydrogens (tertiary/aromatic N) is 2. The van der Waals surface area contributed by atoms with Crippen LogP contribution in [0.2, 0.25) is 0 Å². The predicted octanol–water partition coefficient (Wildman–Crippen LogP) is 3.62. The monoisotopic (exact) mass is 425 g/mol. The highest BCUT2D eigenvalue weighted by atomic mass is 33.1. The van der Waals surface area contributed by atoms with Gasteiger partial charge in [0, 0.05) is 49.3 Å². The number of hydrogen-bond acceptors (Lipinski definition) is 5. The minimum absolute atomic E-state index is 0.159. The molecule has 0 unspecified atom stereocenters. The van der Waals surface area contributed by atoms with Crippen LogP contribution in [0.25, 0.3) is 0 Å². The first kappa shape index (κ1) is 21.5. The Hall–Kier alpha value is -1.25. The molecule has 2 aliphatic heterocycles. The number of unbranched alkanes of at least 4 members (excludes halogenated alkanes) is 1. The first-order valence-corrected chi connectivity index (χ1v) is 12.3. The van der Waals surface area contributed by atoms with Gasteiger partial charge in [0.1, 0.15) is 5.82 Å². The molecule has 1 aromatic rings. The maximum atomic E-state index is 13.2. The molecule has 1 N–H and O–H groups in total. The summed E-state index contributed by atoms with van der Waals surface area (Å²) in [5, 5.41) is 3.50. The zero-order chi connectivity index (χ0) is 19.8. The summed E-state index contributed by atoms with van der Waals surface area (Å²) in [6.45, 7) is 2.98. The summed E-state index contributed by atoms with van der Waals surface area (Å²) in [5.74, 6) is 0.968. The van der Waals surface area contributed by atoms with Crippen molar-refractivity contribution in [2.24, 2.45) is 0 Å². The van der Waals surface area contributed by atoms with Gasteiger partial charge in [-0.2, -0.15) is 0 Å².